The fourth-order valence-electron chi connectivity index (χ4n) is 7.68. The highest BCUT2D eigenvalue weighted by Crippen LogP contribution is 2.15. The summed E-state index contributed by atoms with van der Waals surface area (Å²) in [5, 5.41) is 0. The third kappa shape index (κ3) is 53.4. The third-order valence-corrected chi connectivity index (χ3v) is 11.9. The number of ether oxygens (including phenoxy) is 3. The van der Waals surface area contributed by atoms with Gasteiger partial charge in [-0.25, -0.2) is 0 Å². The Labute approximate surface area is 414 Å². The zero-order valence-electron chi connectivity index (χ0n) is 43.9. The van der Waals surface area contributed by atoms with Gasteiger partial charge in [-0.05, 0) is 89.9 Å². The van der Waals surface area contributed by atoms with Crippen LogP contribution >= 0.6 is 0 Å². The second-order valence-electron chi connectivity index (χ2n) is 18.5. The molecule has 1 unspecified atom stereocenters. The van der Waals surface area contributed by atoms with Crippen LogP contribution in [0.25, 0.3) is 0 Å². The minimum absolute atomic E-state index is 0.0841. The summed E-state index contributed by atoms with van der Waals surface area (Å²) in [4.78, 5) is 38.0. The average Bonchev–Trinajstić information content (AvgIpc) is 3.33. The van der Waals surface area contributed by atoms with Crippen LogP contribution in [0, 0.1) is 0 Å². The molecule has 0 aromatic carbocycles. The topological polar surface area (TPSA) is 78.9 Å². The van der Waals surface area contributed by atoms with E-state index in [-0.39, 0.29) is 31.1 Å². The molecule has 0 amide bonds. The first kappa shape index (κ1) is 63.6. The van der Waals surface area contributed by atoms with Gasteiger partial charge in [0.05, 0.1) is 0 Å². The molecule has 6 heteroatoms. The molecule has 0 rings (SSSR count). The number of esters is 3. The maximum Gasteiger partial charge on any atom is 0.306 e. The molecular weight excluding hydrogens is 829 g/mol. The Hall–Kier alpha value is -3.41. The van der Waals surface area contributed by atoms with Gasteiger partial charge in [0.25, 0.3) is 0 Å². The predicted octanol–water partition coefficient (Wildman–Crippen LogP) is 18.8. The van der Waals surface area contributed by atoms with Gasteiger partial charge in [-0.1, -0.05) is 241 Å². The molecule has 6 nitrogen and oxygen atoms in total. The highest BCUT2D eigenvalue weighted by molar-refractivity contribution is 5.71. The molecule has 0 aliphatic heterocycles. The summed E-state index contributed by atoms with van der Waals surface area (Å²) in [7, 11) is 0. The van der Waals surface area contributed by atoms with E-state index in [1.54, 1.807) is 0 Å². The lowest BCUT2D eigenvalue weighted by Crippen LogP contribution is -2.30. The summed E-state index contributed by atoms with van der Waals surface area (Å²) in [6.45, 7) is 6.45. The van der Waals surface area contributed by atoms with E-state index in [0.717, 1.165) is 122 Å². The van der Waals surface area contributed by atoms with Gasteiger partial charge in [0.2, 0.25) is 0 Å². The summed E-state index contributed by atoms with van der Waals surface area (Å²) < 4.78 is 16.8. The number of carbonyl (C=O) groups excluding carboxylic acids is 3. The summed E-state index contributed by atoms with van der Waals surface area (Å²) in [5.41, 5.74) is 0. The van der Waals surface area contributed by atoms with E-state index >= 15 is 0 Å². The molecule has 0 fully saturated rings. The van der Waals surface area contributed by atoms with Crippen molar-refractivity contribution in [3.8, 4) is 0 Å². The molecular formula is C61H104O6. The van der Waals surface area contributed by atoms with E-state index in [1.807, 2.05) is 0 Å². The fraction of sp³-hybridized carbons (Fsp3) is 0.721. The maximum absolute atomic E-state index is 12.8. The number of carbonyl (C=O) groups is 3. The predicted molar refractivity (Wildman–Crippen MR) is 288 cm³/mol. The van der Waals surface area contributed by atoms with Crippen LogP contribution in [0.5, 0.6) is 0 Å². The lowest BCUT2D eigenvalue weighted by Gasteiger charge is -2.18. The number of rotatable bonds is 50. The Morgan fingerprint density at radius 3 is 0.985 bits per heavy atom. The lowest BCUT2D eigenvalue weighted by molar-refractivity contribution is -0.167. The summed E-state index contributed by atoms with van der Waals surface area (Å²) in [6.07, 6.45) is 71.5. The maximum atomic E-state index is 12.8. The Balaban J connectivity index is 4.30. The fourth-order valence-corrected chi connectivity index (χ4v) is 7.68. The lowest BCUT2D eigenvalue weighted by atomic mass is 10.0. The highest BCUT2D eigenvalue weighted by Gasteiger charge is 2.19. The molecule has 0 bridgehead atoms. The number of unbranched alkanes of at least 4 members (excludes halogenated alkanes) is 25. The van der Waals surface area contributed by atoms with Crippen LogP contribution in [0.4, 0.5) is 0 Å². The Morgan fingerprint density at radius 1 is 0.313 bits per heavy atom. The molecule has 0 heterocycles. The van der Waals surface area contributed by atoms with Gasteiger partial charge in [0, 0.05) is 19.3 Å². The van der Waals surface area contributed by atoms with Gasteiger partial charge in [-0.2, -0.15) is 0 Å². The third-order valence-electron chi connectivity index (χ3n) is 11.9. The Bertz CT molecular complexity index is 1300. The van der Waals surface area contributed by atoms with Crippen LogP contribution in [0.15, 0.2) is 85.1 Å². The summed E-state index contributed by atoms with van der Waals surface area (Å²) in [6, 6.07) is 0. The first-order valence-electron chi connectivity index (χ1n) is 28.1. The molecule has 0 aromatic rings. The van der Waals surface area contributed by atoms with Crippen LogP contribution in [-0.2, 0) is 28.6 Å². The second-order valence-corrected chi connectivity index (χ2v) is 18.5. The SMILES string of the molecule is CC/C=C\C/C=C\C/C=C\C/C=C\C/C=C\C/C=C\CCCCCCCCC(=O)OCC(COC(=O)CCCCCCC/C=C\CCC)OC(=O)CCCCCCCCCCCCCCCC. The van der Waals surface area contributed by atoms with Crippen molar-refractivity contribution >= 4 is 17.9 Å². The van der Waals surface area contributed by atoms with Crippen molar-refractivity contribution < 1.29 is 28.6 Å². The van der Waals surface area contributed by atoms with E-state index in [9.17, 15) is 14.4 Å². The van der Waals surface area contributed by atoms with Gasteiger partial charge >= 0.3 is 17.9 Å². The molecule has 0 aliphatic rings. The first-order valence-corrected chi connectivity index (χ1v) is 28.1. The van der Waals surface area contributed by atoms with Crippen molar-refractivity contribution in [1.29, 1.82) is 0 Å². The van der Waals surface area contributed by atoms with E-state index in [2.05, 4.69) is 106 Å². The number of allylic oxidation sites excluding steroid dienone is 14. The van der Waals surface area contributed by atoms with Gasteiger partial charge in [-0.15, -0.1) is 0 Å². The zero-order valence-corrected chi connectivity index (χ0v) is 43.9. The monoisotopic (exact) mass is 933 g/mol. The van der Waals surface area contributed by atoms with Crippen LogP contribution in [0.1, 0.15) is 265 Å². The van der Waals surface area contributed by atoms with Crippen molar-refractivity contribution in [1.82, 2.24) is 0 Å². The quantitative estimate of drug-likeness (QED) is 0.0262. The van der Waals surface area contributed by atoms with Gasteiger partial charge in [-0.3, -0.25) is 14.4 Å². The van der Waals surface area contributed by atoms with Crippen molar-refractivity contribution in [3.05, 3.63) is 85.1 Å². The van der Waals surface area contributed by atoms with Gasteiger partial charge in [0.1, 0.15) is 13.2 Å². The molecule has 0 saturated carbocycles. The van der Waals surface area contributed by atoms with E-state index < -0.39 is 6.10 Å². The zero-order chi connectivity index (χ0) is 48.6. The molecule has 0 radical (unpaired) electrons. The highest BCUT2D eigenvalue weighted by atomic mass is 16.6. The number of hydrogen-bond acceptors (Lipinski definition) is 6. The minimum Gasteiger partial charge on any atom is -0.462 e. The van der Waals surface area contributed by atoms with Crippen LogP contribution in [-0.4, -0.2) is 37.2 Å². The average molecular weight is 933 g/mol. The van der Waals surface area contributed by atoms with E-state index in [1.165, 1.54) is 103 Å². The van der Waals surface area contributed by atoms with Crippen LogP contribution in [0.3, 0.4) is 0 Å². The van der Waals surface area contributed by atoms with Gasteiger partial charge in [0.15, 0.2) is 6.10 Å². The smallest absolute Gasteiger partial charge is 0.306 e. The minimum atomic E-state index is -0.783. The Kier molecular flexibility index (Phi) is 52.4. The molecule has 0 N–H and O–H groups in total. The van der Waals surface area contributed by atoms with Crippen molar-refractivity contribution in [2.75, 3.05) is 13.2 Å². The van der Waals surface area contributed by atoms with Crippen LogP contribution in [0.2, 0.25) is 0 Å². The molecule has 0 aliphatic carbocycles. The molecule has 384 valence electrons. The number of hydrogen-bond donors (Lipinski definition) is 0. The standard InChI is InChI=1S/C61H104O6/c1-4-7-10-13-16-19-22-24-26-27-28-29-30-31-32-33-34-35-36-38-39-42-45-48-51-54-60(63)66-57-58(56-65-59(62)53-50-47-44-41-21-18-15-12-9-6-3)67-61(64)55-52-49-46-43-40-37-25-23-20-17-14-11-8-5-2/h7,10,12,15-16,19,24,26,28-29,31-32,34-35,58H,4-6,8-9,11,13-14,17-18,20-23,25,27,30,33,36-57H2,1-3H3/b10-7-,15-12-,19-16-,26-24-,29-28-,32-31-,35-34-. The van der Waals surface area contributed by atoms with E-state index in [0.29, 0.717) is 19.3 Å². The molecule has 67 heavy (non-hydrogen) atoms. The van der Waals surface area contributed by atoms with Crippen LogP contribution < -0.4 is 0 Å². The molecule has 0 aromatic heterocycles. The van der Waals surface area contributed by atoms with Crippen molar-refractivity contribution in [2.24, 2.45) is 0 Å². The molecule has 0 saturated heterocycles. The molecule has 0 spiro atoms. The second kappa shape index (κ2) is 55.2. The van der Waals surface area contributed by atoms with Gasteiger partial charge < -0.3 is 14.2 Å². The largest absolute Gasteiger partial charge is 0.462 e. The summed E-state index contributed by atoms with van der Waals surface area (Å²) in [5.74, 6) is -0.904. The summed E-state index contributed by atoms with van der Waals surface area (Å²) >= 11 is 0. The first-order chi connectivity index (χ1) is 33.0. The molecule has 1 atom stereocenters. The normalized spacial score (nSPS) is 12.7. The van der Waals surface area contributed by atoms with Crippen molar-refractivity contribution in [3.63, 3.8) is 0 Å². The van der Waals surface area contributed by atoms with E-state index in [4.69, 9.17) is 14.2 Å². The van der Waals surface area contributed by atoms with Crippen molar-refractivity contribution in [2.45, 2.75) is 271 Å². The Morgan fingerprint density at radius 2 is 0.612 bits per heavy atom.